The molecule has 1 aliphatic carbocycles. The van der Waals surface area contributed by atoms with Crippen LogP contribution >= 0.6 is 11.3 Å². The Morgan fingerprint density at radius 3 is 2.88 bits per heavy atom. The van der Waals surface area contributed by atoms with Gasteiger partial charge in [-0.1, -0.05) is 25.0 Å². The number of hydrogen-bond acceptors (Lipinski definition) is 3. The van der Waals surface area contributed by atoms with Crippen molar-refractivity contribution in [2.75, 3.05) is 26.7 Å². The fraction of sp³-hybridized carbons (Fsp3) is 0.600. The van der Waals surface area contributed by atoms with Crippen molar-refractivity contribution in [1.82, 2.24) is 9.88 Å². The van der Waals surface area contributed by atoms with E-state index in [0.717, 1.165) is 22.4 Å². The molecule has 4 rings (SSSR count). The largest absolute Gasteiger partial charge is 0.334 e. The molecule has 2 aromatic rings. The maximum Gasteiger partial charge on any atom is 0.277 e. The van der Waals surface area contributed by atoms with E-state index in [4.69, 9.17) is 0 Å². The highest BCUT2D eigenvalue weighted by Crippen LogP contribution is 2.32. The lowest BCUT2D eigenvalue weighted by molar-refractivity contribution is -0.903. The number of rotatable bonds is 4. The van der Waals surface area contributed by atoms with Crippen LogP contribution in [-0.4, -0.2) is 42.5 Å². The SMILES string of the molecule is CN(Cc1nc2ccccc2s1)C(=O)C[NH+]1CC[C@@H]2CCCC[C@@H]2C1. The van der Waals surface area contributed by atoms with Crippen LogP contribution in [0.4, 0.5) is 0 Å². The predicted molar refractivity (Wildman–Crippen MR) is 102 cm³/mol. The van der Waals surface area contributed by atoms with Crippen LogP contribution in [0, 0.1) is 11.8 Å². The van der Waals surface area contributed by atoms with Gasteiger partial charge < -0.3 is 9.80 Å². The topological polar surface area (TPSA) is 37.6 Å². The summed E-state index contributed by atoms with van der Waals surface area (Å²) in [4.78, 5) is 20.7. The summed E-state index contributed by atoms with van der Waals surface area (Å²) in [5.41, 5.74) is 1.04. The van der Waals surface area contributed by atoms with Crippen LogP contribution in [0.3, 0.4) is 0 Å². The summed E-state index contributed by atoms with van der Waals surface area (Å²) in [7, 11) is 1.92. The molecule has 1 N–H and O–H groups in total. The smallest absolute Gasteiger partial charge is 0.277 e. The van der Waals surface area contributed by atoms with E-state index >= 15 is 0 Å². The van der Waals surface area contributed by atoms with Crippen LogP contribution in [0.1, 0.15) is 37.1 Å². The Labute approximate surface area is 153 Å². The van der Waals surface area contributed by atoms with E-state index in [2.05, 4.69) is 11.1 Å². The first-order valence-electron chi connectivity index (χ1n) is 9.61. The average molecular weight is 359 g/mol. The van der Waals surface area contributed by atoms with Crippen LogP contribution in [0.5, 0.6) is 0 Å². The third-order valence-corrected chi connectivity index (χ3v) is 7.04. The molecular weight excluding hydrogens is 330 g/mol. The summed E-state index contributed by atoms with van der Waals surface area (Å²) in [6, 6.07) is 8.18. The zero-order chi connectivity index (χ0) is 17.2. The molecular formula is C20H28N3OS+. The van der Waals surface area contributed by atoms with Gasteiger partial charge in [0, 0.05) is 13.0 Å². The van der Waals surface area contributed by atoms with Crippen LogP contribution in [-0.2, 0) is 11.3 Å². The first kappa shape index (κ1) is 17.0. The second kappa shape index (κ2) is 7.42. The van der Waals surface area contributed by atoms with Crippen molar-refractivity contribution >= 4 is 27.5 Å². The Hall–Kier alpha value is -1.46. The highest BCUT2D eigenvalue weighted by Gasteiger charge is 2.34. The van der Waals surface area contributed by atoms with Crippen molar-refractivity contribution in [3.05, 3.63) is 29.3 Å². The van der Waals surface area contributed by atoms with Gasteiger partial charge in [-0.15, -0.1) is 11.3 Å². The van der Waals surface area contributed by atoms with E-state index in [1.54, 1.807) is 11.3 Å². The summed E-state index contributed by atoms with van der Waals surface area (Å²) in [6.45, 7) is 3.63. The number of aromatic nitrogens is 1. The molecule has 1 aliphatic heterocycles. The molecule has 1 amide bonds. The zero-order valence-corrected chi connectivity index (χ0v) is 15.9. The van der Waals surface area contributed by atoms with Crippen LogP contribution < -0.4 is 4.90 Å². The monoisotopic (exact) mass is 358 g/mol. The molecule has 0 radical (unpaired) electrons. The molecule has 0 spiro atoms. The molecule has 5 heteroatoms. The van der Waals surface area contributed by atoms with Crippen molar-refractivity contribution in [2.45, 2.75) is 38.6 Å². The fourth-order valence-corrected chi connectivity index (χ4v) is 5.60. The number of likely N-dealkylation sites (N-methyl/N-ethyl adjacent to an activating group) is 1. The number of nitrogens with zero attached hydrogens (tertiary/aromatic N) is 2. The number of piperidine rings is 1. The summed E-state index contributed by atoms with van der Waals surface area (Å²) in [5, 5.41) is 1.03. The number of thiazole rings is 1. The number of likely N-dealkylation sites (tertiary alicyclic amines) is 1. The first-order valence-corrected chi connectivity index (χ1v) is 10.4. The quantitative estimate of drug-likeness (QED) is 0.911. The van der Waals surface area contributed by atoms with Gasteiger partial charge in [-0.3, -0.25) is 4.79 Å². The molecule has 0 bridgehead atoms. The van der Waals surface area contributed by atoms with Crippen molar-refractivity contribution in [1.29, 1.82) is 0 Å². The van der Waals surface area contributed by atoms with E-state index < -0.39 is 0 Å². The van der Waals surface area contributed by atoms with Gasteiger partial charge in [0.1, 0.15) is 5.01 Å². The maximum absolute atomic E-state index is 12.7. The number of carbonyl (C=O) groups is 1. The molecule has 1 saturated carbocycles. The van der Waals surface area contributed by atoms with E-state index in [1.807, 2.05) is 30.1 Å². The minimum Gasteiger partial charge on any atom is -0.334 e. The second-order valence-electron chi connectivity index (χ2n) is 7.80. The van der Waals surface area contributed by atoms with E-state index in [9.17, 15) is 4.79 Å². The Morgan fingerprint density at radius 2 is 2.04 bits per heavy atom. The molecule has 4 nitrogen and oxygen atoms in total. The lowest BCUT2D eigenvalue weighted by Gasteiger charge is -2.38. The standard InChI is InChI=1S/C20H27N3OS/c1-22(13-19-21-17-8-4-5-9-18(17)25-19)20(24)14-23-11-10-15-6-2-3-7-16(15)12-23/h4-5,8-9,15-16H,2-3,6-7,10-14H2,1H3/p+1/t15-,16+/m0/s1. The number of hydrogen-bond donors (Lipinski definition) is 1. The van der Waals surface area contributed by atoms with E-state index in [0.29, 0.717) is 13.1 Å². The number of nitrogens with one attached hydrogen (secondary N) is 1. The van der Waals surface area contributed by atoms with Crippen LogP contribution in [0.2, 0.25) is 0 Å². The Balaban J connectivity index is 1.32. The highest BCUT2D eigenvalue weighted by atomic mass is 32.1. The van der Waals surface area contributed by atoms with Gasteiger partial charge in [0.25, 0.3) is 5.91 Å². The molecule has 2 heterocycles. The van der Waals surface area contributed by atoms with Gasteiger partial charge >= 0.3 is 0 Å². The second-order valence-corrected chi connectivity index (χ2v) is 8.91. The number of fused-ring (bicyclic) bond motifs is 2. The van der Waals surface area contributed by atoms with E-state index in [-0.39, 0.29) is 5.91 Å². The third kappa shape index (κ3) is 3.87. The molecule has 1 aromatic heterocycles. The Bertz CT molecular complexity index is 710. The van der Waals surface area contributed by atoms with Crippen LogP contribution in [0.15, 0.2) is 24.3 Å². The molecule has 1 aromatic carbocycles. The van der Waals surface area contributed by atoms with Crippen molar-refractivity contribution < 1.29 is 9.69 Å². The Kier molecular flexibility index (Phi) is 5.04. The number of para-hydroxylation sites is 1. The lowest BCUT2D eigenvalue weighted by atomic mass is 9.75. The van der Waals surface area contributed by atoms with Gasteiger partial charge in [0.2, 0.25) is 0 Å². The van der Waals surface area contributed by atoms with Gasteiger partial charge in [0.15, 0.2) is 6.54 Å². The Morgan fingerprint density at radius 1 is 1.24 bits per heavy atom. The lowest BCUT2D eigenvalue weighted by Crippen LogP contribution is -3.15. The summed E-state index contributed by atoms with van der Waals surface area (Å²) in [6.07, 6.45) is 6.92. The predicted octanol–water partition coefficient (Wildman–Crippen LogP) is 2.35. The molecule has 3 atom stereocenters. The zero-order valence-electron chi connectivity index (χ0n) is 15.0. The van der Waals surface area contributed by atoms with Crippen molar-refractivity contribution in [3.63, 3.8) is 0 Å². The van der Waals surface area contributed by atoms with Gasteiger partial charge in [-0.05, 0) is 37.3 Å². The normalized spacial score (nSPS) is 26.4. The first-order chi connectivity index (χ1) is 12.2. The number of amides is 1. The van der Waals surface area contributed by atoms with E-state index in [1.165, 1.54) is 54.8 Å². The van der Waals surface area contributed by atoms with Crippen molar-refractivity contribution in [3.8, 4) is 0 Å². The number of quaternary nitrogens is 1. The maximum atomic E-state index is 12.7. The minimum atomic E-state index is 0.253. The summed E-state index contributed by atoms with van der Waals surface area (Å²) in [5.74, 6) is 2.05. The molecule has 134 valence electrons. The molecule has 2 fully saturated rings. The van der Waals surface area contributed by atoms with Crippen molar-refractivity contribution in [2.24, 2.45) is 11.8 Å². The van der Waals surface area contributed by atoms with Gasteiger partial charge in [-0.25, -0.2) is 4.98 Å². The van der Waals surface area contributed by atoms with Gasteiger partial charge in [-0.2, -0.15) is 0 Å². The number of carbonyl (C=O) groups excluding carboxylic acids is 1. The third-order valence-electron chi connectivity index (χ3n) is 6.02. The number of benzene rings is 1. The molecule has 1 unspecified atom stereocenters. The molecule has 25 heavy (non-hydrogen) atoms. The fourth-order valence-electron chi connectivity index (χ4n) is 4.58. The molecule has 2 aliphatic rings. The molecule has 1 saturated heterocycles. The highest BCUT2D eigenvalue weighted by molar-refractivity contribution is 7.18. The average Bonchev–Trinajstić information content (AvgIpc) is 3.03. The minimum absolute atomic E-state index is 0.253. The summed E-state index contributed by atoms with van der Waals surface area (Å²) >= 11 is 1.69. The van der Waals surface area contributed by atoms with Crippen LogP contribution in [0.25, 0.3) is 10.2 Å². The van der Waals surface area contributed by atoms with Gasteiger partial charge in [0.05, 0.1) is 29.9 Å². The summed E-state index contributed by atoms with van der Waals surface area (Å²) < 4.78 is 1.20.